The summed E-state index contributed by atoms with van der Waals surface area (Å²) in [7, 11) is 0. The Hall–Kier alpha value is -3.95. The van der Waals surface area contributed by atoms with Crippen molar-refractivity contribution in [3.05, 3.63) is 41.7 Å². The van der Waals surface area contributed by atoms with Crippen molar-refractivity contribution in [2.24, 2.45) is 5.92 Å². The van der Waals surface area contributed by atoms with Crippen LogP contribution in [-0.4, -0.2) is 44.3 Å². The van der Waals surface area contributed by atoms with Crippen molar-refractivity contribution >= 4 is 45.8 Å². The minimum Gasteiger partial charge on any atom is -0.383 e. The van der Waals surface area contributed by atoms with Crippen LogP contribution in [0.5, 0.6) is 0 Å². The minimum atomic E-state index is -0.734. The molecule has 5 N–H and O–H groups in total. The van der Waals surface area contributed by atoms with E-state index in [9.17, 15) is 14.4 Å². The number of pyridine rings is 1. The second kappa shape index (κ2) is 8.19. The van der Waals surface area contributed by atoms with Gasteiger partial charge in [-0.05, 0) is 42.4 Å². The summed E-state index contributed by atoms with van der Waals surface area (Å²) in [4.78, 5) is 43.7. The van der Waals surface area contributed by atoms with E-state index in [1.54, 1.807) is 4.90 Å². The van der Waals surface area contributed by atoms with E-state index in [1.807, 2.05) is 18.2 Å². The van der Waals surface area contributed by atoms with E-state index >= 15 is 0 Å². The van der Waals surface area contributed by atoms with Crippen LogP contribution in [0.3, 0.4) is 0 Å². The van der Waals surface area contributed by atoms with Gasteiger partial charge in [0.25, 0.3) is 0 Å². The van der Waals surface area contributed by atoms with E-state index in [-0.39, 0.29) is 23.7 Å². The van der Waals surface area contributed by atoms with Crippen molar-refractivity contribution in [2.75, 3.05) is 22.9 Å². The predicted molar refractivity (Wildman–Crippen MR) is 123 cm³/mol. The second-order valence-corrected chi connectivity index (χ2v) is 8.79. The first-order chi connectivity index (χ1) is 15.9. The van der Waals surface area contributed by atoms with Crippen LogP contribution in [0.25, 0.3) is 10.9 Å². The monoisotopic (exact) mass is 447 g/mol. The molecule has 2 aliphatic heterocycles. The number of carbonyl (C=O) groups is 3. The van der Waals surface area contributed by atoms with Crippen molar-refractivity contribution < 1.29 is 14.4 Å². The summed E-state index contributed by atoms with van der Waals surface area (Å²) in [6.45, 7) is 2.57. The summed E-state index contributed by atoms with van der Waals surface area (Å²) < 4.78 is 0. The molecule has 2 atom stereocenters. The molecule has 10 heteroatoms. The predicted octanol–water partition coefficient (Wildman–Crippen LogP) is 2.36. The fourth-order valence-electron chi connectivity index (χ4n) is 4.69. The lowest BCUT2D eigenvalue weighted by molar-refractivity contribution is -0.146. The maximum atomic E-state index is 13.3. The number of piperidine rings is 1. The highest BCUT2D eigenvalue weighted by Gasteiger charge is 2.35. The highest BCUT2D eigenvalue weighted by Crippen LogP contribution is 2.36. The summed E-state index contributed by atoms with van der Waals surface area (Å²) in [5, 5.41) is 12.9. The van der Waals surface area contributed by atoms with E-state index < -0.39 is 11.8 Å². The van der Waals surface area contributed by atoms with Crippen molar-refractivity contribution in [1.82, 2.24) is 20.1 Å². The van der Waals surface area contributed by atoms with Gasteiger partial charge in [-0.3, -0.25) is 19.5 Å². The summed E-state index contributed by atoms with van der Waals surface area (Å²) in [6, 6.07) is 5.66. The van der Waals surface area contributed by atoms with Crippen molar-refractivity contribution in [3.8, 4) is 0 Å². The minimum absolute atomic E-state index is 0.0127. The molecular weight excluding hydrogens is 422 g/mol. The number of likely N-dealkylation sites (tertiary alicyclic amines) is 1. The molecule has 0 radical (unpaired) electrons. The summed E-state index contributed by atoms with van der Waals surface area (Å²) in [6.07, 6.45) is 5.77. The average molecular weight is 447 g/mol. The Balaban J connectivity index is 1.40. The maximum Gasteiger partial charge on any atom is 0.314 e. The molecular formula is C23H25N7O3. The smallest absolute Gasteiger partial charge is 0.314 e. The van der Waals surface area contributed by atoms with E-state index in [0.29, 0.717) is 36.0 Å². The summed E-state index contributed by atoms with van der Waals surface area (Å²) in [5.41, 5.74) is 9.56. The number of aromatic nitrogens is 3. The van der Waals surface area contributed by atoms with Crippen molar-refractivity contribution in [2.45, 2.75) is 38.6 Å². The van der Waals surface area contributed by atoms with Gasteiger partial charge in [0.05, 0.1) is 35.0 Å². The number of H-pyrrole nitrogens is 1. The van der Waals surface area contributed by atoms with Gasteiger partial charge in [-0.2, -0.15) is 5.10 Å². The largest absolute Gasteiger partial charge is 0.383 e. The molecule has 170 valence electrons. The number of rotatable bonds is 2. The number of nitrogens with one attached hydrogen (secondary N) is 3. The SMILES string of the molecule is CC1CCC(c2ccc3c(c2)CCC(=O)N3)N(C(=O)C(=O)Nc2cnc(N)c3cn[nH]c23)C1. The lowest BCUT2D eigenvalue weighted by Crippen LogP contribution is -2.46. The van der Waals surface area contributed by atoms with Gasteiger partial charge >= 0.3 is 11.8 Å². The Bertz CT molecular complexity index is 1270. The number of aryl methyl sites for hydroxylation is 1. The van der Waals surface area contributed by atoms with Crippen molar-refractivity contribution in [1.29, 1.82) is 0 Å². The zero-order valence-corrected chi connectivity index (χ0v) is 18.2. The molecule has 0 saturated carbocycles. The number of aromatic amines is 1. The van der Waals surface area contributed by atoms with Crippen LogP contribution in [0.4, 0.5) is 17.2 Å². The Morgan fingerprint density at radius 1 is 1.21 bits per heavy atom. The van der Waals surface area contributed by atoms with Crippen LogP contribution in [0.2, 0.25) is 0 Å². The zero-order chi connectivity index (χ0) is 23.1. The van der Waals surface area contributed by atoms with Crippen LogP contribution in [0, 0.1) is 5.92 Å². The molecule has 3 aromatic rings. The van der Waals surface area contributed by atoms with Gasteiger partial charge in [0, 0.05) is 18.7 Å². The number of nitrogen functional groups attached to an aromatic ring is 1. The lowest BCUT2D eigenvalue weighted by Gasteiger charge is -2.39. The fourth-order valence-corrected chi connectivity index (χ4v) is 4.69. The lowest BCUT2D eigenvalue weighted by atomic mass is 9.88. The molecule has 10 nitrogen and oxygen atoms in total. The fraction of sp³-hybridized carbons (Fsp3) is 0.348. The molecule has 1 saturated heterocycles. The van der Waals surface area contributed by atoms with Crippen LogP contribution >= 0.6 is 0 Å². The molecule has 2 unspecified atom stereocenters. The average Bonchev–Trinajstić information content (AvgIpc) is 3.31. The van der Waals surface area contributed by atoms with Crippen LogP contribution in [0.15, 0.2) is 30.6 Å². The molecule has 0 bridgehead atoms. The second-order valence-electron chi connectivity index (χ2n) is 8.79. The molecule has 33 heavy (non-hydrogen) atoms. The van der Waals surface area contributed by atoms with Gasteiger partial charge in [-0.15, -0.1) is 0 Å². The van der Waals surface area contributed by atoms with Gasteiger partial charge in [-0.1, -0.05) is 19.1 Å². The number of carbonyl (C=O) groups excluding carboxylic acids is 3. The van der Waals surface area contributed by atoms with E-state index in [0.717, 1.165) is 29.7 Å². The number of anilines is 3. The Morgan fingerprint density at radius 2 is 2.06 bits per heavy atom. The van der Waals surface area contributed by atoms with Crippen LogP contribution in [0.1, 0.15) is 43.4 Å². The quantitative estimate of drug-likeness (QED) is 0.444. The van der Waals surface area contributed by atoms with Gasteiger partial charge in [0.15, 0.2) is 0 Å². The Labute approximate surface area is 189 Å². The number of amides is 3. The first kappa shape index (κ1) is 20.9. The molecule has 5 rings (SSSR count). The number of fused-ring (bicyclic) bond motifs is 2. The third kappa shape index (κ3) is 3.88. The van der Waals surface area contributed by atoms with Gasteiger partial charge in [0.2, 0.25) is 5.91 Å². The number of hydrogen-bond acceptors (Lipinski definition) is 6. The summed E-state index contributed by atoms with van der Waals surface area (Å²) in [5.74, 6) is -0.744. The Morgan fingerprint density at radius 3 is 2.91 bits per heavy atom. The van der Waals surface area contributed by atoms with Gasteiger partial charge in [-0.25, -0.2) is 4.98 Å². The van der Waals surface area contributed by atoms with Gasteiger partial charge < -0.3 is 21.3 Å². The molecule has 0 aliphatic carbocycles. The highest BCUT2D eigenvalue weighted by atomic mass is 16.2. The topological polar surface area (TPSA) is 146 Å². The van der Waals surface area contributed by atoms with Crippen LogP contribution < -0.4 is 16.4 Å². The normalized spacial score (nSPS) is 20.3. The third-order valence-corrected chi connectivity index (χ3v) is 6.45. The van der Waals surface area contributed by atoms with E-state index in [2.05, 4.69) is 32.7 Å². The number of benzene rings is 1. The molecule has 0 spiro atoms. The van der Waals surface area contributed by atoms with E-state index in [1.165, 1.54) is 12.4 Å². The first-order valence-electron chi connectivity index (χ1n) is 11.0. The van der Waals surface area contributed by atoms with E-state index in [4.69, 9.17) is 5.73 Å². The number of hydrogen-bond donors (Lipinski definition) is 4. The molecule has 4 heterocycles. The molecule has 1 aromatic carbocycles. The molecule has 2 aliphatic rings. The first-order valence-corrected chi connectivity index (χ1v) is 11.0. The molecule has 2 aromatic heterocycles. The van der Waals surface area contributed by atoms with Gasteiger partial charge in [0.1, 0.15) is 5.82 Å². The number of nitrogens with two attached hydrogens (primary N) is 1. The van der Waals surface area contributed by atoms with Crippen LogP contribution in [-0.2, 0) is 20.8 Å². The highest BCUT2D eigenvalue weighted by molar-refractivity contribution is 6.40. The molecule has 1 fully saturated rings. The number of nitrogens with zero attached hydrogens (tertiary/aromatic N) is 3. The Kier molecular flexibility index (Phi) is 5.20. The maximum absolute atomic E-state index is 13.3. The standard InChI is InChI=1S/C23H25N7O3/c1-12-2-6-18(14-3-5-16-13(8-14)4-7-19(31)27-16)30(11-12)23(33)22(32)28-17-10-25-21(24)15-9-26-29-20(15)17/h3,5,8-10,12,18H,2,4,6-7,11H2,1H3,(H2,24,25)(H,26,29)(H,27,31)(H,28,32). The van der Waals surface area contributed by atoms with Crippen molar-refractivity contribution in [3.63, 3.8) is 0 Å². The third-order valence-electron chi connectivity index (χ3n) is 6.45. The summed E-state index contributed by atoms with van der Waals surface area (Å²) >= 11 is 0. The molecule has 3 amide bonds. The zero-order valence-electron chi connectivity index (χ0n) is 18.2.